The number of carbonyl (C=O) groups is 2. The quantitative estimate of drug-likeness (QED) is 0.840. The van der Waals surface area contributed by atoms with E-state index in [-0.39, 0.29) is 29.3 Å². The van der Waals surface area contributed by atoms with Crippen LogP contribution in [-0.2, 0) is 9.59 Å². The fraction of sp³-hybridized carbons (Fsp3) is 0.875. The van der Waals surface area contributed by atoms with Crippen LogP contribution in [0.3, 0.4) is 0 Å². The molecule has 20 heavy (non-hydrogen) atoms. The van der Waals surface area contributed by atoms with Gasteiger partial charge in [-0.25, -0.2) is 0 Å². The number of carbonyl (C=O) groups excluding carboxylic acids is 2. The van der Waals surface area contributed by atoms with Crippen LogP contribution in [0.1, 0.15) is 59.8 Å². The molecule has 0 bridgehead atoms. The van der Waals surface area contributed by atoms with E-state index < -0.39 is 0 Å². The van der Waals surface area contributed by atoms with Crippen molar-refractivity contribution in [2.45, 2.75) is 71.9 Å². The Morgan fingerprint density at radius 3 is 2.40 bits per heavy atom. The first-order valence-corrected chi connectivity index (χ1v) is 7.94. The summed E-state index contributed by atoms with van der Waals surface area (Å²) in [6, 6.07) is -0.513. The lowest BCUT2D eigenvalue weighted by molar-refractivity contribution is -0.150. The summed E-state index contributed by atoms with van der Waals surface area (Å²) in [6.45, 7) is 9.29. The maximum Gasteiger partial charge on any atom is 0.245 e. The first-order valence-electron chi connectivity index (χ1n) is 7.94. The summed E-state index contributed by atoms with van der Waals surface area (Å²) in [5.74, 6) is 0.591. The van der Waals surface area contributed by atoms with Crippen LogP contribution in [0.25, 0.3) is 0 Å². The fourth-order valence-electron chi connectivity index (χ4n) is 2.87. The minimum absolute atomic E-state index is 0.0689. The summed E-state index contributed by atoms with van der Waals surface area (Å²) in [5, 5.41) is 2.94. The molecule has 2 rings (SSSR count). The molecule has 1 aliphatic carbocycles. The van der Waals surface area contributed by atoms with Crippen LogP contribution >= 0.6 is 0 Å². The van der Waals surface area contributed by atoms with E-state index in [0.29, 0.717) is 12.5 Å². The summed E-state index contributed by atoms with van der Waals surface area (Å²) < 4.78 is 0. The van der Waals surface area contributed by atoms with Crippen LogP contribution in [-0.4, -0.2) is 35.3 Å². The Hall–Kier alpha value is -1.06. The molecule has 4 nitrogen and oxygen atoms in total. The highest BCUT2D eigenvalue weighted by Gasteiger charge is 2.47. The van der Waals surface area contributed by atoms with Gasteiger partial charge in [0.25, 0.3) is 0 Å². The minimum Gasteiger partial charge on any atom is -0.342 e. The molecule has 2 aliphatic rings. The molecule has 2 amide bonds. The maximum absolute atomic E-state index is 12.6. The van der Waals surface area contributed by atoms with Gasteiger partial charge in [0.2, 0.25) is 11.8 Å². The monoisotopic (exact) mass is 280 g/mol. The molecule has 0 aromatic heterocycles. The van der Waals surface area contributed by atoms with Crippen molar-refractivity contribution in [2.24, 2.45) is 11.3 Å². The molecular formula is C16H28N2O2. The van der Waals surface area contributed by atoms with Crippen molar-refractivity contribution < 1.29 is 9.59 Å². The highest BCUT2D eigenvalue weighted by molar-refractivity contribution is 5.97. The predicted molar refractivity (Wildman–Crippen MR) is 79.1 cm³/mol. The van der Waals surface area contributed by atoms with Crippen molar-refractivity contribution in [3.8, 4) is 0 Å². The van der Waals surface area contributed by atoms with Crippen LogP contribution in [0.2, 0.25) is 0 Å². The molecule has 0 radical (unpaired) electrons. The molecule has 2 atom stereocenters. The van der Waals surface area contributed by atoms with Gasteiger partial charge < -0.3 is 10.2 Å². The largest absolute Gasteiger partial charge is 0.342 e. The average molecular weight is 280 g/mol. The van der Waals surface area contributed by atoms with E-state index in [9.17, 15) is 9.59 Å². The number of hydrogen-bond donors (Lipinski definition) is 1. The molecule has 1 N–H and O–H groups in total. The van der Waals surface area contributed by atoms with Gasteiger partial charge in [-0.05, 0) is 37.0 Å². The molecule has 114 valence electrons. The first-order chi connectivity index (χ1) is 9.33. The van der Waals surface area contributed by atoms with Gasteiger partial charge in [-0.3, -0.25) is 9.59 Å². The zero-order chi connectivity index (χ0) is 14.9. The molecule has 0 aromatic rings. The molecule has 4 heteroatoms. The maximum atomic E-state index is 12.6. The Kier molecular flexibility index (Phi) is 4.40. The summed E-state index contributed by atoms with van der Waals surface area (Å²) in [4.78, 5) is 26.8. The number of rotatable bonds is 5. The standard InChI is InChI=1S/C16H28N2O2/c1-5-6-12-15(20)18(10-9-16(2,3)4)13(11-7-8-11)14(19)17-12/h11-13H,5-10H2,1-4H3,(H,17,19). The van der Waals surface area contributed by atoms with Crippen molar-refractivity contribution in [2.75, 3.05) is 6.54 Å². The number of amides is 2. The molecular weight excluding hydrogens is 252 g/mol. The van der Waals surface area contributed by atoms with Crippen LogP contribution in [0, 0.1) is 11.3 Å². The smallest absolute Gasteiger partial charge is 0.245 e. The fourth-order valence-corrected chi connectivity index (χ4v) is 2.87. The van der Waals surface area contributed by atoms with E-state index in [1.54, 1.807) is 0 Å². The lowest BCUT2D eigenvalue weighted by Gasteiger charge is -2.40. The van der Waals surface area contributed by atoms with Gasteiger partial charge in [0.15, 0.2) is 0 Å². The molecule has 1 aliphatic heterocycles. The van der Waals surface area contributed by atoms with Gasteiger partial charge in [0.05, 0.1) is 0 Å². The zero-order valence-corrected chi connectivity index (χ0v) is 13.2. The van der Waals surface area contributed by atoms with E-state index in [4.69, 9.17) is 0 Å². The van der Waals surface area contributed by atoms with E-state index in [1.807, 2.05) is 11.8 Å². The Morgan fingerprint density at radius 2 is 1.90 bits per heavy atom. The second-order valence-corrected chi connectivity index (χ2v) is 7.47. The van der Waals surface area contributed by atoms with Crippen molar-refractivity contribution in [1.82, 2.24) is 10.2 Å². The van der Waals surface area contributed by atoms with Crippen molar-refractivity contribution >= 4 is 11.8 Å². The van der Waals surface area contributed by atoms with Gasteiger partial charge in [0, 0.05) is 6.54 Å². The van der Waals surface area contributed by atoms with E-state index in [1.165, 1.54) is 0 Å². The third kappa shape index (κ3) is 3.53. The van der Waals surface area contributed by atoms with Crippen LogP contribution in [0.4, 0.5) is 0 Å². The molecule has 0 spiro atoms. The van der Waals surface area contributed by atoms with Crippen molar-refractivity contribution in [3.63, 3.8) is 0 Å². The first kappa shape index (κ1) is 15.3. The van der Waals surface area contributed by atoms with Crippen molar-refractivity contribution in [1.29, 1.82) is 0 Å². The van der Waals surface area contributed by atoms with Gasteiger partial charge in [0.1, 0.15) is 12.1 Å². The molecule has 2 unspecified atom stereocenters. The lowest BCUT2D eigenvalue weighted by atomic mass is 9.90. The lowest BCUT2D eigenvalue weighted by Crippen LogP contribution is -2.64. The second kappa shape index (κ2) is 5.74. The normalized spacial score (nSPS) is 27.7. The molecule has 1 saturated carbocycles. The Bertz CT molecular complexity index is 382. The average Bonchev–Trinajstić information content (AvgIpc) is 3.14. The Morgan fingerprint density at radius 1 is 1.25 bits per heavy atom. The molecule has 2 fully saturated rings. The third-order valence-electron chi connectivity index (χ3n) is 4.25. The third-order valence-corrected chi connectivity index (χ3v) is 4.25. The van der Waals surface area contributed by atoms with E-state index >= 15 is 0 Å². The highest BCUT2D eigenvalue weighted by atomic mass is 16.2. The van der Waals surface area contributed by atoms with E-state index in [0.717, 1.165) is 32.1 Å². The molecule has 1 saturated heterocycles. The van der Waals surface area contributed by atoms with Gasteiger partial charge in [-0.15, -0.1) is 0 Å². The van der Waals surface area contributed by atoms with Crippen molar-refractivity contribution in [3.05, 3.63) is 0 Å². The summed E-state index contributed by atoms with van der Waals surface area (Å²) >= 11 is 0. The second-order valence-electron chi connectivity index (χ2n) is 7.47. The van der Waals surface area contributed by atoms with Crippen LogP contribution in [0.5, 0.6) is 0 Å². The Balaban J connectivity index is 2.11. The number of piperazine rings is 1. The number of nitrogens with one attached hydrogen (secondary N) is 1. The topological polar surface area (TPSA) is 49.4 Å². The SMILES string of the molecule is CCCC1NC(=O)C(C2CC2)N(CCC(C)(C)C)C1=O. The Labute approximate surface area is 122 Å². The molecule has 0 aromatic carbocycles. The number of hydrogen-bond acceptors (Lipinski definition) is 2. The summed E-state index contributed by atoms with van der Waals surface area (Å²) in [5.41, 5.74) is 0.183. The van der Waals surface area contributed by atoms with Gasteiger partial charge >= 0.3 is 0 Å². The van der Waals surface area contributed by atoms with E-state index in [2.05, 4.69) is 26.1 Å². The molecule has 1 heterocycles. The van der Waals surface area contributed by atoms with Gasteiger partial charge in [-0.2, -0.15) is 0 Å². The number of nitrogens with zero attached hydrogens (tertiary/aromatic N) is 1. The van der Waals surface area contributed by atoms with Crippen LogP contribution < -0.4 is 5.32 Å². The minimum atomic E-state index is -0.303. The predicted octanol–water partition coefficient (Wildman–Crippen LogP) is 2.33. The highest BCUT2D eigenvalue weighted by Crippen LogP contribution is 2.37. The summed E-state index contributed by atoms with van der Waals surface area (Å²) in [7, 11) is 0. The van der Waals surface area contributed by atoms with Gasteiger partial charge in [-0.1, -0.05) is 34.1 Å². The van der Waals surface area contributed by atoms with Crippen LogP contribution in [0.15, 0.2) is 0 Å². The summed E-state index contributed by atoms with van der Waals surface area (Å²) in [6.07, 6.45) is 4.76. The zero-order valence-electron chi connectivity index (χ0n) is 13.2.